The van der Waals surface area contributed by atoms with E-state index in [1.54, 1.807) is 31.4 Å². The van der Waals surface area contributed by atoms with Crippen LogP contribution in [0.5, 0.6) is 5.75 Å². The van der Waals surface area contributed by atoms with Gasteiger partial charge in [0.25, 0.3) is 11.8 Å². The molecule has 1 heterocycles. The van der Waals surface area contributed by atoms with Gasteiger partial charge in [0.05, 0.1) is 18.4 Å². The number of benzene rings is 3. The SMILES string of the molecule is COc1ccc(C2=C(Nc3ccc(C(C)C)cc3)C(=O)N(c3cc(C)cc(C)c3)C2=O)cc1. The van der Waals surface area contributed by atoms with Gasteiger partial charge in [0, 0.05) is 5.69 Å². The Morgan fingerprint density at radius 1 is 0.818 bits per heavy atom. The summed E-state index contributed by atoms with van der Waals surface area (Å²) in [5, 5.41) is 3.23. The molecule has 3 aromatic carbocycles. The van der Waals surface area contributed by atoms with Crippen LogP contribution < -0.4 is 15.0 Å². The lowest BCUT2D eigenvalue weighted by atomic mass is 10.0. The Kier molecular flexibility index (Phi) is 6.05. The molecule has 5 heteroatoms. The minimum absolute atomic E-state index is 0.265. The zero-order valence-corrected chi connectivity index (χ0v) is 19.6. The summed E-state index contributed by atoms with van der Waals surface area (Å²) in [6, 6.07) is 20.8. The largest absolute Gasteiger partial charge is 0.497 e. The standard InChI is InChI=1S/C28H28N2O3/c1-17(2)20-6-10-22(11-7-20)29-26-25(21-8-12-24(33-5)13-9-21)27(31)30(28(26)32)23-15-18(3)14-19(4)16-23/h6-17,29H,1-5H3. The minimum atomic E-state index is -0.372. The average molecular weight is 441 g/mol. The Labute approximate surface area is 194 Å². The van der Waals surface area contributed by atoms with Crippen LogP contribution >= 0.6 is 0 Å². The molecule has 5 nitrogen and oxygen atoms in total. The van der Waals surface area contributed by atoms with E-state index >= 15 is 0 Å². The monoisotopic (exact) mass is 440 g/mol. The summed E-state index contributed by atoms with van der Waals surface area (Å²) in [6.07, 6.45) is 0. The smallest absolute Gasteiger partial charge is 0.282 e. The number of hydrogen-bond donors (Lipinski definition) is 1. The van der Waals surface area contributed by atoms with Crippen molar-refractivity contribution >= 4 is 28.8 Å². The fraction of sp³-hybridized carbons (Fsp3) is 0.214. The highest BCUT2D eigenvalue weighted by Crippen LogP contribution is 2.35. The van der Waals surface area contributed by atoms with Crippen LogP contribution in [-0.2, 0) is 9.59 Å². The molecule has 0 unspecified atom stereocenters. The Morgan fingerprint density at radius 2 is 1.42 bits per heavy atom. The Morgan fingerprint density at radius 3 is 1.97 bits per heavy atom. The van der Waals surface area contributed by atoms with E-state index in [1.807, 2.05) is 56.3 Å². The summed E-state index contributed by atoms with van der Waals surface area (Å²) in [5.74, 6) is 0.365. The van der Waals surface area contributed by atoms with Gasteiger partial charge < -0.3 is 10.1 Å². The number of amides is 2. The number of aryl methyl sites for hydroxylation is 2. The Bertz CT molecular complexity index is 1220. The molecule has 1 aliphatic heterocycles. The number of methoxy groups -OCH3 is 1. The summed E-state index contributed by atoms with van der Waals surface area (Å²) in [7, 11) is 1.59. The zero-order valence-electron chi connectivity index (χ0n) is 19.6. The van der Waals surface area contributed by atoms with Crippen molar-refractivity contribution < 1.29 is 14.3 Å². The highest BCUT2D eigenvalue weighted by atomic mass is 16.5. The molecule has 0 saturated carbocycles. The van der Waals surface area contributed by atoms with Gasteiger partial charge in [-0.2, -0.15) is 0 Å². The van der Waals surface area contributed by atoms with Crippen molar-refractivity contribution in [3.63, 3.8) is 0 Å². The number of nitrogens with zero attached hydrogens (tertiary/aromatic N) is 1. The summed E-state index contributed by atoms with van der Waals surface area (Å²) in [6.45, 7) is 8.17. The Balaban J connectivity index is 1.79. The predicted octanol–water partition coefficient (Wildman–Crippen LogP) is 5.83. The van der Waals surface area contributed by atoms with Gasteiger partial charge in [-0.25, -0.2) is 4.90 Å². The van der Waals surface area contributed by atoms with Gasteiger partial charge in [-0.15, -0.1) is 0 Å². The molecule has 0 aromatic heterocycles. The van der Waals surface area contributed by atoms with Gasteiger partial charge in [0.2, 0.25) is 0 Å². The predicted molar refractivity (Wildman–Crippen MR) is 132 cm³/mol. The third-order valence-corrected chi connectivity index (χ3v) is 5.77. The Hall–Kier alpha value is -3.86. The lowest BCUT2D eigenvalue weighted by molar-refractivity contribution is -0.120. The van der Waals surface area contributed by atoms with Crippen LogP contribution in [0.2, 0.25) is 0 Å². The summed E-state index contributed by atoms with van der Waals surface area (Å²) >= 11 is 0. The van der Waals surface area contributed by atoms with Gasteiger partial charge in [-0.05, 0) is 78.4 Å². The molecule has 3 aromatic rings. The molecular formula is C28H28N2O3. The molecule has 1 N–H and O–H groups in total. The third-order valence-electron chi connectivity index (χ3n) is 5.77. The van der Waals surface area contributed by atoms with Crippen molar-refractivity contribution in [2.75, 3.05) is 17.3 Å². The molecule has 0 saturated heterocycles. The second-order valence-corrected chi connectivity index (χ2v) is 8.67. The number of anilines is 2. The molecule has 0 spiro atoms. The first-order valence-electron chi connectivity index (χ1n) is 11.0. The van der Waals surface area contributed by atoms with Crippen LogP contribution in [0.25, 0.3) is 5.57 Å². The van der Waals surface area contributed by atoms with Gasteiger partial charge in [-0.3, -0.25) is 9.59 Å². The van der Waals surface area contributed by atoms with Crippen molar-refractivity contribution in [1.29, 1.82) is 0 Å². The number of rotatable bonds is 6. The lowest BCUT2D eigenvalue weighted by Gasteiger charge is -2.17. The van der Waals surface area contributed by atoms with Gasteiger partial charge in [0.15, 0.2) is 0 Å². The highest BCUT2D eigenvalue weighted by Gasteiger charge is 2.40. The molecule has 0 radical (unpaired) electrons. The molecule has 2 amide bonds. The van der Waals surface area contributed by atoms with Crippen LogP contribution in [0.3, 0.4) is 0 Å². The maximum atomic E-state index is 13.6. The third kappa shape index (κ3) is 4.40. The number of hydrogen-bond acceptors (Lipinski definition) is 4. The van der Waals surface area contributed by atoms with Crippen molar-refractivity contribution in [3.8, 4) is 5.75 Å². The van der Waals surface area contributed by atoms with Crippen molar-refractivity contribution in [2.45, 2.75) is 33.6 Å². The first kappa shape index (κ1) is 22.3. The van der Waals surface area contributed by atoms with Crippen LogP contribution in [0.4, 0.5) is 11.4 Å². The van der Waals surface area contributed by atoms with E-state index in [0.717, 1.165) is 16.8 Å². The minimum Gasteiger partial charge on any atom is -0.497 e. The number of ether oxygens (including phenoxy) is 1. The van der Waals surface area contributed by atoms with E-state index in [2.05, 4.69) is 19.2 Å². The molecule has 1 aliphatic rings. The molecule has 168 valence electrons. The second kappa shape index (κ2) is 8.94. The number of carbonyl (C=O) groups excluding carboxylic acids is 2. The van der Waals surface area contributed by atoms with E-state index < -0.39 is 0 Å². The zero-order chi connectivity index (χ0) is 23.7. The van der Waals surface area contributed by atoms with Gasteiger partial charge >= 0.3 is 0 Å². The van der Waals surface area contributed by atoms with E-state index in [-0.39, 0.29) is 17.5 Å². The van der Waals surface area contributed by atoms with Crippen LogP contribution in [-0.4, -0.2) is 18.9 Å². The number of imide groups is 1. The van der Waals surface area contributed by atoms with E-state index in [0.29, 0.717) is 28.5 Å². The molecular weight excluding hydrogens is 412 g/mol. The normalized spacial score (nSPS) is 13.8. The quantitative estimate of drug-likeness (QED) is 0.490. The molecule has 0 aliphatic carbocycles. The highest BCUT2D eigenvalue weighted by molar-refractivity contribution is 6.46. The van der Waals surface area contributed by atoms with Crippen LogP contribution in [0.15, 0.2) is 72.4 Å². The summed E-state index contributed by atoms with van der Waals surface area (Å²) in [5.41, 5.74) is 5.77. The van der Waals surface area contributed by atoms with Crippen LogP contribution in [0.1, 0.15) is 42.0 Å². The summed E-state index contributed by atoms with van der Waals surface area (Å²) < 4.78 is 5.26. The average Bonchev–Trinajstić information content (AvgIpc) is 3.02. The fourth-order valence-corrected chi connectivity index (χ4v) is 4.08. The van der Waals surface area contributed by atoms with E-state index in [9.17, 15) is 9.59 Å². The fourth-order valence-electron chi connectivity index (χ4n) is 4.08. The molecule has 0 atom stereocenters. The summed E-state index contributed by atoms with van der Waals surface area (Å²) in [4.78, 5) is 28.5. The first-order valence-corrected chi connectivity index (χ1v) is 11.0. The number of nitrogens with one attached hydrogen (secondary N) is 1. The van der Waals surface area contributed by atoms with E-state index in [4.69, 9.17) is 4.74 Å². The van der Waals surface area contributed by atoms with Gasteiger partial charge in [-0.1, -0.05) is 44.2 Å². The maximum Gasteiger partial charge on any atom is 0.282 e. The first-order chi connectivity index (χ1) is 15.8. The number of carbonyl (C=O) groups is 2. The second-order valence-electron chi connectivity index (χ2n) is 8.67. The van der Waals surface area contributed by atoms with Crippen molar-refractivity contribution in [1.82, 2.24) is 0 Å². The molecule has 0 fully saturated rings. The van der Waals surface area contributed by atoms with Crippen molar-refractivity contribution in [3.05, 3.63) is 94.7 Å². The maximum absolute atomic E-state index is 13.6. The molecule has 33 heavy (non-hydrogen) atoms. The lowest BCUT2D eigenvalue weighted by Crippen LogP contribution is -2.32. The van der Waals surface area contributed by atoms with E-state index in [1.165, 1.54) is 10.5 Å². The molecule has 0 bridgehead atoms. The molecule has 4 rings (SSSR count). The topological polar surface area (TPSA) is 58.6 Å². The van der Waals surface area contributed by atoms with Gasteiger partial charge in [0.1, 0.15) is 11.4 Å². The van der Waals surface area contributed by atoms with Crippen LogP contribution in [0, 0.1) is 13.8 Å². The van der Waals surface area contributed by atoms with Crippen molar-refractivity contribution in [2.24, 2.45) is 0 Å².